The first-order valence-corrected chi connectivity index (χ1v) is 11.0. The monoisotopic (exact) mass is 445 g/mol. The number of para-hydroxylation sites is 2. The Kier molecular flexibility index (Phi) is 5.64. The van der Waals surface area contributed by atoms with E-state index in [9.17, 15) is 14.0 Å². The molecule has 33 heavy (non-hydrogen) atoms. The third-order valence-electron chi connectivity index (χ3n) is 6.23. The number of halogens is 1. The van der Waals surface area contributed by atoms with Gasteiger partial charge >= 0.3 is 0 Å². The Morgan fingerprint density at radius 3 is 2.64 bits per heavy atom. The maximum atomic E-state index is 13.8. The first kappa shape index (κ1) is 20.9. The van der Waals surface area contributed by atoms with Crippen LogP contribution in [0.5, 0.6) is 0 Å². The van der Waals surface area contributed by atoms with Crippen LogP contribution in [0.1, 0.15) is 34.9 Å². The average Bonchev–Trinajstić information content (AvgIpc) is 3.49. The molecule has 0 atom stereocenters. The standard InChI is InChI=1S/C25H24FN5O2/c26-19-6-2-3-7-20(19)27-25(33)22-15-21(28-29-22)17-9-12-30(13-10-17)24(32)16-31-14-11-18-5-1-4-8-23(18)31/h1-8,11,14-15,17H,9-10,12-13,16H2,(H,27,33)(H,28,29). The van der Waals surface area contributed by atoms with Crippen LogP contribution in [0.3, 0.4) is 0 Å². The van der Waals surface area contributed by atoms with Gasteiger partial charge in [-0.2, -0.15) is 5.10 Å². The van der Waals surface area contributed by atoms with Gasteiger partial charge in [0.2, 0.25) is 5.91 Å². The highest BCUT2D eigenvalue weighted by Crippen LogP contribution is 2.28. The molecule has 0 saturated carbocycles. The number of hydrogen-bond acceptors (Lipinski definition) is 3. The second-order valence-corrected chi connectivity index (χ2v) is 8.30. The van der Waals surface area contributed by atoms with Crippen molar-refractivity contribution in [2.45, 2.75) is 25.3 Å². The van der Waals surface area contributed by atoms with E-state index in [2.05, 4.69) is 15.5 Å². The Bertz CT molecular complexity index is 1300. The second-order valence-electron chi connectivity index (χ2n) is 8.30. The Balaban J connectivity index is 1.17. The minimum Gasteiger partial charge on any atom is -0.341 e. The molecule has 0 unspecified atom stereocenters. The normalized spacial score (nSPS) is 14.5. The van der Waals surface area contributed by atoms with Gasteiger partial charge in [-0.15, -0.1) is 0 Å². The number of piperidine rings is 1. The fourth-order valence-corrected chi connectivity index (χ4v) is 4.38. The molecule has 0 spiro atoms. The average molecular weight is 445 g/mol. The minimum atomic E-state index is -0.494. The quantitative estimate of drug-likeness (QED) is 0.484. The van der Waals surface area contributed by atoms with Gasteiger partial charge in [-0.1, -0.05) is 30.3 Å². The number of anilines is 1. The number of nitrogens with one attached hydrogen (secondary N) is 2. The highest BCUT2D eigenvalue weighted by molar-refractivity contribution is 6.03. The number of nitrogens with zero attached hydrogens (tertiary/aromatic N) is 3. The highest BCUT2D eigenvalue weighted by atomic mass is 19.1. The lowest BCUT2D eigenvalue weighted by atomic mass is 9.93. The van der Waals surface area contributed by atoms with Crippen molar-refractivity contribution in [2.75, 3.05) is 18.4 Å². The van der Waals surface area contributed by atoms with E-state index in [-0.39, 0.29) is 23.2 Å². The van der Waals surface area contributed by atoms with Gasteiger partial charge in [-0.3, -0.25) is 14.7 Å². The topological polar surface area (TPSA) is 83.0 Å². The molecular formula is C25H24FN5O2. The zero-order valence-electron chi connectivity index (χ0n) is 18.0. The number of fused-ring (bicyclic) bond motifs is 1. The van der Waals surface area contributed by atoms with Gasteiger partial charge in [-0.05, 0) is 48.6 Å². The Labute approximate surface area is 190 Å². The molecule has 1 fully saturated rings. The van der Waals surface area contributed by atoms with Crippen LogP contribution in [-0.2, 0) is 11.3 Å². The van der Waals surface area contributed by atoms with E-state index in [1.807, 2.05) is 46.0 Å². The zero-order valence-corrected chi connectivity index (χ0v) is 18.0. The van der Waals surface area contributed by atoms with Gasteiger partial charge < -0.3 is 14.8 Å². The van der Waals surface area contributed by atoms with E-state index in [1.165, 1.54) is 12.1 Å². The molecule has 8 heteroatoms. The molecule has 3 heterocycles. The SMILES string of the molecule is O=C(Nc1ccccc1F)c1cc(C2CCN(C(=O)Cn3ccc4ccccc43)CC2)[nH]n1. The lowest BCUT2D eigenvalue weighted by Gasteiger charge is -2.31. The van der Waals surface area contributed by atoms with Gasteiger partial charge in [0.15, 0.2) is 5.69 Å². The van der Waals surface area contributed by atoms with Crippen LogP contribution in [0.25, 0.3) is 10.9 Å². The highest BCUT2D eigenvalue weighted by Gasteiger charge is 2.26. The number of amides is 2. The van der Waals surface area contributed by atoms with Crippen molar-refractivity contribution < 1.29 is 14.0 Å². The summed E-state index contributed by atoms with van der Waals surface area (Å²) in [4.78, 5) is 27.2. The smallest absolute Gasteiger partial charge is 0.276 e. The van der Waals surface area contributed by atoms with Gasteiger partial charge in [0, 0.05) is 36.4 Å². The maximum Gasteiger partial charge on any atom is 0.276 e. The number of H-pyrrole nitrogens is 1. The Morgan fingerprint density at radius 2 is 1.82 bits per heavy atom. The summed E-state index contributed by atoms with van der Waals surface area (Å²) in [5.74, 6) is -0.672. The molecule has 0 aliphatic carbocycles. The third kappa shape index (κ3) is 4.37. The molecule has 5 rings (SSSR count). The van der Waals surface area contributed by atoms with Crippen LogP contribution in [0.4, 0.5) is 10.1 Å². The third-order valence-corrected chi connectivity index (χ3v) is 6.23. The van der Waals surface area contributed by atoms with Crippen LogP contribution in [0.2, 0.25) is 0 Å². The summed E-state index contributed by atoms with van der Waals surface area (Å²) in [6, 6.07) is 17.8. The van der Waals surface area contributed by atoms with Gasteiger partial charge in [0.25, 0.3) is 5.91 Å². The fraction of sp³-hybridized carbons (Fsp3) is 0.240. The number of aromatic nitrogens is 3. The summed E-state index contributed by atoms with van der Waals surface area (Å²) >= 11 is 0. The molecule has 7 nitrogen and oxygen atoms in total. The van der Waals surface area contributed by atoms with Crippen LogP contribution in [-0.4, -0.2) is 44.6 Å². The van der Waals surface area contributed by atoms with Crippen LogP contribution in [0.15, 0.2) is 66.9 Å². The van der Waals surface area contributed by atoms with Crippen molar-refractivity contribution in [1.29, 1.82) is 0 Å². The zero-order chi connectivity index (χ0) is 22.8. The van der Waals surface area contributed by atoms with Crippen molar-refractivity contribution >= 4 is 28.4 Å². The summed E-state index contributed by atoms with van der Waals surface area (Å²) in [5.41, 5.74) is 2.25. The van der Waals surface area contributed by atoms with E-state index in [1.54, 1.807) is 18.2 Å². The molecule has 4 aromatic rings. The van der Waals surface area contributed by atoms with Crippen LogP contribution < -0.4 is 5.32 Å². The first-order chi connectivity index (χ1) is 16.1. The van der Waals surface area contributed by atoms with Crippen molar-refractivity contribution in [3.63, 3.8) is 0 Å². The van der Waals surface area contributed by atoms with E-state index in [4.69, 9.17) is 0 Å². The number of benzene rings is 2. The molecule has 2 aromatic heterocycles. The molecule has 2 N–H and O–H groups in total. The van der Waals surface area contributed by atoms with Crippen molar-refractivity contribution in [3.8, 4) is 0 Å². The minimum absolute atomic E-state index is 0.101. The van der Waals surface area contributed by atoms with Crippen molar-refractivity contribution in [1.82, 2.24) is 19.7 Å². The van der Waals surface area contributed by atoms with Crippen LogP contribution in [0, 0.1) is 5.82 Å². The van der Waals surface area contributed by atoms with Crippen molar-refractivity contribution in [2.24, 2.45) is 0 Å². The molecule has 2 amide bonds. The number of hydrogen-bond donors (Lipinski definition) is 2. The van der Waals surface area contributed by atoms with Crippen LogP contribution >= 0.6 is 0 Å². The predicted molar refractivity (Wildman–Crippen MR) is 123 cm³/mol. The number of carbonyl (C=O) groups excluding carboxylic acids is 2. The number of carbonyl (C=O) groups is 2. The van der Waals surface area contributed by atoms with E-state index in [0.717, 1.165) is 29.4 Å². The molecule has 1 saturated heterocycles. The summed E-state index contributed by atoms with van der Waals surface area (Å²) < 4.78 is 15.8. The van der Waals surface area contributed by atoms with Gasteiger partial charge in [-0.25, -0.2) is 4.39 Å². The van der Waals surface area contributed by atoms with E-state index < -0.39 is 11.7 Å². The Morgan fingerprint density at radius 1 is 1.06 bits per heavy atom. The Hall–Kier alpha value is -3.94. The largest absolute Gasteiger partial charge is 0.341 e. The predicted octanol–water partition coefficient (Wildman–Crippen LogP) is 4.16. The summed E-state index contributed by atoms with van der Waals surface area (Å²) in [6.07, 6.45) is 3.53. The lowest BCUT2D eigenvalue weighted by Crippen LogP contribution is -2.39. The molecule has 0 bridgehead atoms. The molecule has 168 valence electrons. The fourth-order valence-electron chi connectivity index (χ4n) is 4.38. The van der Waals surface area contributed by atoms with E-state index in [0.29, 0.717) is 19.6 Å². The lowest BCUT2D eigenvalue weighted by molar-refractivity contribution is -0.132. The second kappa shape index (κ2) is 8.90. The maximum absolute atomic E-state index is 13.8. The first-order valence-electron chi connectivity index (χ1n) is 11.0. The summed E-state index contributed by atoms with van der Waals surface area (Å²) in [6.45, 7) is 1.62. The summed E-state index contributed by atoms with van der Waals surface area (Å²) in [5, 5.41) is 10.7. The molecule has 0 radical (unpaired) electrons. The van der Waals surface area contributed by atoms with E-state index >= 15 is 0 Å². The number of likely N-dealkylation sites (tertiary alicyclic amines) is 1. The molecule has 1 aliphatic heterocycles. The number of aromatic amines is 1. The van der Waals surface area contributed by atoms with Gasteiger partial charge in [0.1, 0.15) is 12.4 Å². The molecule has 1 aliphatic rings. The molecule has 2 aromatic carbocycles. The summed E-state index contributed by atoms with van der Waals surface area (Å²) in [7, 11) is 0. The van der Waals surface area contributed by atoms with Crippen molar-refractivity contribution in [3.05, 3.63) is 84.1 Å². The van der Waals surface area contributed by atoms with Gasteiger partial charge in [0.05, 0.1) is 5.69 Å². The molecular weight excluding hydrogens is 421 g/mol. The number of rotatable bonds is 5.